The van der Waals surface area contributed by atoms with Gasteiger partial charge in [0.1, 0.15) is 0 Å². The van der Waals surface area contributed by atoms with Crippen molar-refractivity contribution in [1.29, 1.82) is 0 Å². The fourth-order valence-corrected chi connectivity index (χ4v) is 3.98. The Hall–Kier alpha value is -0.250. The molecule has 17 heavy (non-hydrogen) atoms. The molecule has 0 amide bonds. The number of sulfonamides is 1. The van der Waals surface area contributed by atoms with E-state index in [1.54, 1.807) is 6.92 Å². The molecule has 0 aromatic carbocycles. The summed E-state index contributed by atoms with van der Waals surface area (Å²) in [6, 6.07) is 0. The maximum atomic E-state index is 11.8. The third kappa shape index (κ3) is 4.16. The average molecular weight is 301 g/mol. The number of ether oxygens (including phenoxy) is 1. The Morgan fingerprint density at radius 2 is 2.29 bits per heavy atom. The number of rotatable bonds is 6. The van der Waals surface area contributed by atoms with Crippen molar-refractivity contribution in [2.45, 2.75) is 17.2 Å². The molecule has 0 spiro atoms. The summed E-state index contributed by atoms with van der Waals surface area (Å²) in [6.07, 6.45) is -0.890. The molecule has 0 aliphatic rings. The zero-order valence-electron chi connectivity index (χ0n) is 9.31. The lowest BCUT2D eigenvalue weighted by molar-refractivity contribution is 0.0679. The Morgan fingerprint density at radius 1 is 1.65 bits per heavy atom. The standard InChI is InChI=1S/C8H13ClN2O4S2/c1-5-7(16-8(9)11-5)17(13,14)10-3-6(12)4-15-2/h6,10,12H,3-4H2,1-2H3. The molecule has 0 saturated carbocycles. The first kappa shape index (κ1) is 14.8. The lowest BCUT2D eigenvalue weighted by Gasteiger charge is -2.10. The highest BCUT2D eigenvalue weighted by molar-refractivity contribution is 7.91. The van der Waals surface area contributed by atoms with Crippen molar-refractivity contribution in [2.75, 3.05) is 20.3 Å². The molecule has 1 aromatic rings. The molecule has 0 fully saturated rings. The van der Waals surface area contributed by atoms with Crippen LogP contribution in [0.2, 0.25) is 4.47 Å². The number of hydrogen-bond acceptors (Lipinski definition) is 6. The largest absolute Gasteiger partial charge is 0.389 e. The Balaban J connectivity index is 2.73. The van der Waals surface area contributed by atoms with E-state index in [-0.39, 0.29) is 21.8 Å². The van der Waals surface area contributed by atoms with Gasteiger partial charge in [0.15, 0.2) is 8.68 Å². The van der Waals surface area contributed by atoms with E-state index in [0.717, 1.165) is 11.3 Å². The van der Waals surface area contributed by atoms with Gasteiger partial charge in [0.25, 0.3) is 10.0 Å². The van der Waals surface area contributed by atoms with Gasteiger partial charge in [-0.05, 0) is 6.92 Å². The van der Waals surface area contributed by atoms with E-state index in [0.29, 0.717) is 5.69 Å². The van der Waals surface area contributed by atoms with E-state index in [9.17, 15) is 13.5 Å². The van der Waals surface area contributed by atoms with Crippen LogP contribution in [-0.4, -0.2) is 44.9 Å². The van der Waals surface area contributed by atoms with Gasteiger partial charge >= 0.3 is 0 Å². The molecule has 0 aliphatic heterocycles. The first-order valence-electron chi connectivity index (χ1n) is 4.66. The number of aliphatic hydroxyl groups is 1. The quantitative estimate of drug-likeness (QED) is 0.793. The van der Waals surface area contributed by atoms with Crippen LogP contribution < -0.4 is 4.72 Å². The van der Waals surface area contributed by atoms with Crippen molar-refractivity contribution in [3.63, 3.8) is 0 Å². The van der Waals surface area contributed by atoms with E-state index in [1.165, 1.54) is 7.11 Å². The summed E-state index contributed by atoms with van der Waals surface area (Å²) < 4.78 is 30.8. The molecule has 1 rings (SSSR count). The highest BCUT2D eigenvalue weighted by Crippen LogP contribution is 2.26. The lowest BCUT2D eigenvalue weighted by Crippen LogP contribution is -2.34. The Labute approximate surface area is 109 Å². The van der Waals surface area contributed by atoms with Gasteiger partial charge in [-0.25, -0.2) is 18.1 Å². The van der Waals surface area contributed by atoms with E-state index in [2.05, 4.69) is 14.4 Å². The van der Waals surface area contributed by atoms with Crippen molar-refractivity contribution in [1.82, 2.24) is 9.71 Å². The summed E-state index contributed by atoms with van der Waals surface area (Å²) in [6.45, 7) is 1.50. The SMILES string of the molecule is COCC(O)CNS(=O)(=O)c1sc(Cl)nc1C. The summed E-state index contributed by atoms with van der Waals surface area (Å²) in [4.78, 5) is 3.82. The molecular formula is C8H13ClN2O4S2. The predicted octanol–water partition coefficient (Wildman–Crippen LogP) is 0.391. The maximum absolute atomic E-state index is 11.8. The molecule has 1 heterocycles. The van der Waals surface area contributed by atoms with Gasteiger partial charge in [-0.1, -0.05) is 22.9 Å². The van der Waals surface area contributed by atoms with Crippen LogP contribution in [-0.2, 0) is 14.8 Å². The van der Waals surface area contributed by atoms with Crippen LogP contribution in [0.1, 0.15) is 5.69 Å². The van der Waals surface area contributed by atoms with Gasteiger partial charge in [0, 0.05) is 13.7 Å². The number of methoxy groups -OCH3 is 1. The van der Waals surface area contributed by atoms with Crippen molar-refractivity contribution >= 4 is 33.0 Å². The molecule has 98 valence electrons. The van der Waals surface area contributed by atoms with Gasteiger partial charge in [-0.15, -0.1) is 0 Å². The number of nitrogens with zero attached hydrogens (tertiary/aromatic N) is 1. The van der Waals surface area contributed by atoms with Gasteiger partial charge in [0.2, 0.25) is 0 Å². The zero-order chi connectivity index (χ0) is 13.1. The molecule has 1 unspecified atom stereocenters. The second-order valence-corrected chi connectivity index (χ2v) is 6.84. The molecule has 0 radical (unpaired) electrons. The fourth-order valence-electron chi connectivity index (χ4n) is 1.12. The van der Waals surface area contributed by atoms with Crippen LogP contribution in [0.5, 0.6) is 0 Å². The maximum Gasteiger partial charge on any atom is 0.252 e. The number of halogens is 1. The molecule has 9 heteroatoms. The molecule has 1 atom stereocenters. The minimum Gasteiger partial charge on any atom is -0.389 e. The summed E-state index contributed by atoms with van der Waals surface area (Å²) >= 11 is 6.51. The third-order valence-electron chi connectivity index (χ3n) is 1.84. The number of hydrogen-bond donors (Lipinski definition) is 2. The molecule has 0 aliphatic carbocycles. The Bertz CT molecular complexity index is 474. The first-order chi connectivity index (χ1) is 7.86. The Kier molecular flexibility index (Phi) is 5.29. The third-order valence-corrected chi connectivity index (χ3v) is 5.14. The van der Waals surface area contributed by atoms with Crippen LogP contribution in [0.3, 0.4) is 0 Å². The van der Waals surface area contributed by atoms with Crippen LogP contribution in [0.15, 0.2) is 4.21 Å². The van der Waals surface area contributed by atoms with Crippen LogP contribution in [0.25, 0.3) is 0 Å². The normalized spacial score (nSPS) is 13.9. The molecule has 0 bridgehead atoms. The lowest BCUT2D eigenvalue weighted by atomic mass is 10.4. The number of aromatic nitrogens is 1. The van der Waals surface area contributed by atoms with Crippen molar-refractivity contribution in [3.8, 4) is 0 Å². The number of thiazole rings is 1. The van der Waals surface area contributed by atoms with Crippen molar-refractivity contribution in [3.05, 3.63) is 10.2 Å². The predicted molar refractivity (Wildman–Crippen MR) is 64.9 cm³/mol. The number of aryl methyl sites for hydroxylation is 1. The summed E-state index contributed by atoms with van der Waals surface area (Å²) in [5.41, 5.74) is 0.341. The highest BCUT2D eigenvalue weighted by atomic mass is 35.5. The number of nitrogens with one attached hydrogen (secondary N) is 1. The second-order valence-electron chi connectivity index (χ2n) is 3.30. The van der Waals surface area contributed by atoms with E-state index >= 15 is 0 Å². The average Bonchev–Trinajstić information content (AvgIpc) is 2.56. The summed E-state index contributed by atoms with van der Waals surface area (Å²) in [5.74, 6) is 0. The molecule has 1 aromatic heterocycles. The highest BCUT2D eigenvalue weighted by Gasteiger charge is 2.22. The van der Waals surface area contributed by atoms with Gasteiger partial charge < -0.3 is 9.84 Å². The minimum atomic E-state index is -3.68. The summed E-state index contributed by atoms with van der Waals surface area (Å²) in [5, 5.41) is 9.34. The smallest absolute Gasteiger partial charge is 0.252 e. The van der Waals surface area contributed by atoms with E-state index < -0.39 is 16.1 Å². The second kappa shape index (κ2) is 6.07. The van der Waals surface area contributed by atoms with Crippen LogP contribution >= 0.6 is 22.9 Å². The first-order valence-corrected chi connectivity index (χ1v) is 7.34. The molecule has 6 nitrogen and oxygen atoms in total. The molecular weight excluding hydrogens is 288 g/mol. The Morgan fingerprint density at radius 3 is 2.76 bits per heavy atom. The van der Waals surface area contributed by atoms with E-state index in [4.69, 9.17) is 11.6 Å². The van der Waals surface area contributed by atoms with E-state index in [1.807, 2.05) is 0 Å². The summed E-state index contributed by atoms with van der Waals surface area (Å²) in [7, 11) is -2.26. The number of aliphatic hydroxyl groups excluding tert-OH is 1. The topological polar surface area (TPSA) is 88.5 Å². The minimum absolute atomic E-state index is 0.0605. The van der Waals surface area contributed by atoms with Gasteiger partial charge in [0.05, 0.1) is 18.4 Å². The fraction of sp³-hybridized carbons (Fsp3) is 0.625. The zero-order valence-corrected chi connectivity index (χ0v) is 11.7. The van der Waals surface area contributed by atoms with Crippen LogP contribution in [0, 0.1) is 6.92 Å². The van der Waals surface area contributed by atoms with Gasteiger partial charge in [-0.3, -0.25) is 0 Å². The van der Waals surface area contributed by atoms with Crippen molar-refractivity contribution < 1.29 is 18.3 Å². The molecule has 2 N–H and O–H groups in total. The van der Waals surface area contributed by atoms with Crippen LogP contribution in [0.4, 0.5) is 0 Å². The van der Waals surface area contributed by atoms with Gasteiger partial charge in [-0.2, -0.15) is 0 Å². The molecule has 0 saturated heterocycles. The monoisotopic (exact) mass is 300 g/mol. The van der Waals surface area contributed by atoms with Crippen molar-refractivity contribution in [2.24, 2.45) is 0 Å².